The van der Waals surface area contributed by atoms with Crippen molar-refractivity contribution in [3.63, 3.8) is 0 Å². The zero-order valence-electron chi connectivity index (χ0n) is 8.58. The topological polar surface area (TPSA) is 40.5 Å². The SMILES string of the molecule is OB(O)c1ccc(C2CC(F)(F)C2(F)F)cc1. The van der Waals surface area contributed by atoms with Crippen molar-refractivity contribution in [2.75, 3.05) is 0 Å². The quantitative estimate of drug-likeness (QED) is 0.608. The minimum absolute atomic E-state index is 0.0744. The standard InChI is InChI=1S/C10H9BF4O2/c12-9(13)5-8(10(9,14)15)6-1-3-7(4-2-6)11(16)17/h1-4,8,16-17H,5H2. The Morgan fingerprint density at radius 2 is 1.59 bits per heavy atom. The van der Waals surface area contributed by atoms with E-state index in [4.69, 9.17) is 10.0 Å². The first kappa shape index (κ1) is 12.4. The highest BCUT2D eigenvalue weighted by molar-refractivity contribution is 6.58. The lowest BCUT2D eigenvalue weighted by Gasteiger charge is -2.44. The van der Waals surface area contributed by atoms with Gasteiger partial charge in [0.25, 0.3) is 0 Å². The molecule has 1 aliphatic rings. The zero-order valence-corrected chi connectivity index (χ0v) is 8.58. The lowest BCUT2D eigenvalue weighted by Crippen LogP contribution is -2.57. The highest BCUT2D eigenvalue weighted by atomic mass is 19.3. The summed E-state index contributed by atoms with van der Waals surface area (Å²) >= 11 is 0. The molecule has 1 fully saturated rings. The van der Waals surface area contributed by atoms with E-state index in [1.807, 2.05) is 0 Å². The Labute approximate surface area is 95.0 Å². The largest absolute Gasteiger partial charge is 0.488 e. The van der Waals surface area contributed by atoms with Crippen LogP contribution in [0.3, 0.4) is 0 Å². The highest BCUT2D eigenvalue weighted by Crippen LogP contribution is 2.59. The number of hydrogen-bond donors (Lipinski definition) is 2. The molecular formula is C10H9BF4O2. The first-order valence-electron chi connectivity index (χ1n) is 4.97. The van der Waals surface area contributed by atoms with Crippen molar-refractivity contribution >= 4 is 12.6 Å². The molecule has 0 heterocycles. The molecule has 1 aliphatic carbocycles. The molecule has 1 aromatic carbocycles. The van der Waals surface area contributed by atoms with E-state index in [2.05, 4.69) is 0 Å². The summed E-state index contributed by atoms with van der Waals surface area (Å²) in [6.07, 6.45) is -0.888. The second kappa shape index (κ2) is 3.71. The second-order valence-electron chi connectivity index (χ2n) is 4.12. The fraction of sp³-hybridized carbons (Fsp3) is 0.400. The summed E-state index contributed by atoms with van der Waals surface area (Å²) in [6.45, 7) is 0. The molecule has 1 unspecified atom stereocenters. The number of benzene rings is 1. The summed E-state index contributed by atoms with van der Waals surface area (Å²) in [5.41, 5.74) is 0.202. The van der Waals surface area contributed by atoms with E-state index in [-0.39, 0.29) is 11.0 Å². The van der Waals surface area contributed by atoms with Gasteiger partial charge in [0.1, 0.15) is 0 Å². The number of alkyl halides is 4. The van der Waals surface area contributed by atoms with Gasteiger partial charge in [-0.25, -0.2) is 0 Å². The average Bonchev–Trinajstić information content (AvgIpc) is 2.26. The molecule has 2 N–H and O–H groups in total. The van der Waals surface area contributed by atoms with Gasteiger partial charge in [0.2, 0.25) is 0 Å². The first-order valence-corrected chi connectivity index (χ1v) is 4.97. The van der Waals surface area contributed by atoms with Crippen molar-refractivity contribution in [2.45, 2.75) is 24.2 Å². The van der Waals surface area contributed by atoms with Gasteiger partial charge in [-0.1, -0.05) is 24.3 Å². The Bertz CT molecular complexity index is 419. The van der Waals surface area contributed by atoms with E-state index in [0.717, 1.165) is 0 Å². The zero-order chi connectivity index (χ0) is 12.8. The van der Waals surface area contributed by atoms with Crippen molar-refractivity contribution in [1.82, 2.24) is 0 Å². The predicted octanol–water partition coefficient (Wildman–Crippen LogP) is 1.12. The third kappa shape index (κ3) is 1.83. The molecule has 0 aromatic heterocycles. The lowest BCUT2D eigenvalue weighted by atomic mass is 9.71. The second-order valence-corrected chi connectivity index (χ2v) is 4.12. The van der Waals surface area contributed by atoms with Gasteiger partial charge in [0, 0.05) is 6.42 Å². The molecule has 1 saturated carbocycles. The van der Waals surface area contributed by atoms with Crippen LogP contribution in [0.5, 0.6) is 0 Å². The van der Waals surface area contributed by atoms with Crippen LogP contribution in [0.1, 0.15) is 17.9 Å². The fourth-order valence-corrected chi connectivity index (χ4v) is 1.87. The number of halogens is 4. The third-order valence-corrected chi connectivity index (χ3v) is 3.02. The number of hydrogen-bond acceptors (Lipinski definition) is 2. The van der Waals surface area contributed by atoms with E-state index in [1.165, 1.54) is 24.3 Å². The van der Waals surface area contributed by atoms with Crippen molar-refractivity contribution in [2.24, 2.45) is 0 Å². The summed E-state index contributed by atoms with van der Waals surface area (Å²) < 4.78 is 51.4. The van der Waals surface area contributed by atoms with Crippen LogP contribution in [-0.4, -0.2) is 29.0 Å². The monoisotopic (exact) mass is 248 g/mol. The van der Waals surface area contributed by atoms with E-state index in [0.29, 0.717) is 0 Å². The minimum Gasteiger partial charge on any atom is -0.423 e. The first-order chi connectivity index (χ1) is 7.75. The van der Waals surface area contributed by atoms with Crippen LogP contribution in [0.4, 0.5) is 17.6 Å². The van der Waals surface area contributed by atoms with Crippen molar-refractivity contribution < 1.29 is 27.6 Å². The van der Waals surface area contributed by atoms with E-state index in [9.17, 15) is 17.6 Å². The maximum Gasteiger partial charge on any atom is 0.488 e. The summed E-state index contributed by atoms with van der Waals surface area (Å²) in [4.78, 5) is 0. The summed E-state index contributed by atoms with van der Waals surface area (Å²) in [6, 6.07) is 4.88. The Morgan fingerprint density at radius 1 is 1.06 bits per heavy atom. The summed E-state index contributed by atoms with van der Waals surface area (Å²) in [5, 5.41) is 17.6. The van der Waals surface area contributed by atoms with E-state index in [1.54, 1.807) is 0 Å². The number of rotatable bonds is 2. The molecule has 0 bridgehead atoms. The van der Waals surface area contributed by atoms with E-state index >= 15 is 0 Å². The minimum atomic E-state index is -4.04. The Kier molecular flexibility index (Phi) is 2.70. The Balaban J connectivity index is 2.21. The van der Waals surface area contributed by atoms with Crippen molar-refractivity contribution in [3.05, 3.63) is 29.8 Å². The van der Waals surface area contributed by atoms with Gasteiger partial charge < -0.3 is 10.0 Å². The van der Waals surface area contributed by atoms with Gasteiger partial charge >= 0.3 is 19.0 Å². The van der Waals surface area contributed by atoms with Crippen molar-refractivity contribution in [1.29, 1.82) is 0 Å². The highest BCUT2D eigenvalue weighted by Gasteiger charge is 2.71. The average molecular weight is 248 g/mol. The molecule has 0 radical (unpaired) electrons. The Morgan fingerprint density at radius 3 is 1.94 bits per heavy atom. The molecule has 1 aromatic rings. The molecule has 92 valence electrons. The Hall–Kier alpha value is -1.08. The molecule has 7 heteroatoms. The molecule has 0 spiro atoms. The fourth-order valence-electron chi connectivity index (χ4n) is 1.87. The molecule has 1 atom stereocenters. The molecule has 2 rings (SSSR count). The van der Waals surface area contributed by atoms with Crippen LogP contribution in [0.2, 0.25) is 0 Å². The van der Waals surface area contributed by atoms with Crippen LogP contribution < -0.4 is 5.46 Å². The van der Waals surface area contributed by atoms with Crippen LogP contribution in [-0.2, 0) is 0 Å². The smallest absolute Gasteiger partial charge is 0.423 e. The van der Waals surface area contributed by atoms with Crippen molar-refractivity contribution in [3.8, 4) is 0 Å². The maximum absolute atomic E-state index is 13.1. The summed E-state index contributed by atoms with van der Waals surface area (Å²) in [5.74, 6) is -9.50. The van der Waals surface area contributed by atoms with E-state index < -0.39 is 31.3 Å². The van der Waals surface area contributed by atoms with Gasteiger partial charge in [-0.05, 0) is 11.0 Å². The summed E-state index contributed by atoms with van der Waals surface area (Å²) in [7, 11) is -1.70. The normalized spacial score (nSPS) is 25.2. The molecule has 2 nitrogen and oxygen atoms in total. The van der Waals surface area contributed by atoms with Crippen LogP contribution in [0.25, 0.3) is 0 Å². The van der Waals surface area contributed by atoms with Gasteiger partial charge in [-0.2, -0.15) is 17.6 Å². The van der Waals surface area contributed by atoms with Crippen LogP contribution >= 0.6 is 0 Å². The van der Waals surface area contributed by atoms with Gasteiger partial charge in [-0.3, -0.25) is 0 Å². The molecular weight excluding hydrogens is 239 g/mol. The molecule has 17 heavy (non-hydrogen) atoms. The third-order valence-electron chi connectivity index (χ3n) is 3.02. The van der Waals surface area contributed by atoms with Gasteiger partial charge in [0.05, 0.1) is 5.92 Å². The predicted molar refractivity (Wildman–Crippen MR) is 53.5 cm³/mol. The van der Waals surface area contributed by atoms with Crippen LogP contribution in [0, 0.1) is 0 Å². The lowest BCUT2D eigenvalue weighted by molar-refractivity contribution is -0.290. The molecule has 0 amide bonds. The van der Waals surface area contributed by atoms with Crippen LogP contribution in [0.15, 0.2) is 24.3 Å². The maximum atomic E-state index is 13.1. The van der Waals surface area contributed by atoms with Gasteiger partial charge in [-0.15, -0.1) is 0 Å². The van der Waals surface area contributed by atoms with Gasteiger partial charge in [0.15, 0.2) is 0 Å². The molecule has 0 aliphatic heterocycles. The molecule has 0 saturated heterocycles.